The molecule has 0 saturated carbocycles. The van der Waals surface area contributed by atoms with E-state index >= 15 is 0 Å². The summed E-state index contributed by atoms with van der Waals surface area (Å²) in [5.41, 5.74) is 2.22. The van der Waals surface area contributed by atoms with E-state index < -0.39 is 5.76 Å². The number of carbonyl (C=O) groups is 1. The molecular formula is C21H24N4O4S. The SMILES string of the molecule is CN(Cc1ccccc1N1CCOCC1)C(=O)CCn1nc(-c2cccs2)oc1=O. The minimum absolute atomic E-state index is 0.0562. The Balaban J connectivity index is 1.38. The number of nitrogens with zero attached hydrogens (tertiary/aromatic N) is 4. The molecule has 0 atom stereocenters. The van der Waals surface area contributed by atoms with Gasteiger partial charge >= 0.3 is 5.76 Å². The van der Waals surface area contributed by atoms with Gasteiger partial charge in [0.15, 0.2) is 0 Å². The lowest BCUT2D eigenvalue weighted by molar-refractivity contribution is -0.130. The molecule has 2 aromatic heterocycles. The van der Waals surface area contributed by atoms with Crippen molar-refractivity contribution in [2.75, 3.05) is 38.3 Å². The van der Waals surface area contributed by atoms with Gasteiger partial charge in [-0.25, -0.2) is 4.79 Å². The zero-order valence-corrected chi connectivity index (χ0v) is 17.6. The first kappa shape index (κ1) is 20.4. The van der Waals surface area contributed by atoms with E-state index in [1.54, 1.807) is 11.9 Å². The molecule has 1 saturated heterocycles. The van der Waals surface area contributed by atoms with Crippen molar-refractivity contribution in [2.45, 2.75) is 19.5 Å². The maximum absolute atomic E-state index is 12.7. The zero-order chi connectivity index (χ0) is 20.9. The summed E-state index contributed by atoms with van der Waals surface area (Å²) in [6.45, 7) is 3.79. The second-order valence-electron chi connectivity index (χ2n) is 7.10. The van der Waals surface area contributed by atoms with Crippen LogP contribution >= 0.6 is 11.3 Å². The molecule has 4 rings (SSSR count). The van der Waals surface area contributed by atoms with Crippen LogP contribution in [-0.2, 0) is 22.6 Å². The average Bonchev–Trinajstić information content (AvgIpc) is 3.43. The highest BCUT2D eigenvalue weighted by Gasteiger charge is 2.18. The number of thiophene rings is 1. The van der Waals surface area contributed by atoms with Gasteiger partial charge < -0.3 is 19.0 Å². The van der Waals surface area contributed by atoms with Gasteiger partial charge in [0.05, 0.1) is 24.6 Å². The quantitative estimate of drug-likeness (QED) is 0.575. The molecule has 9 heteroatoms. The number of carbonyl (C=O) groups excluding carboxylic acids is 1. The third-order valence-electron chi connectivity index (χ3n) is 5.05. The molecule has 0 unspecified atom stereocenters. The maximum atomic E-state index is 12.7. The number of aryl methyl sites for hydroxylation is 1. The minimum atomic E-state index is -0.550. The van der Waals surface area contributed by atoms with E-state index in [2.05, 4.69) is 16.1 Å². The Morgan fingerprint density at radius 2 is 2.00 bits per heavy atom. The Labute approximate surface area is 178 Å². The fourth-order valence-corrected chi connectivity index (χ4v) is 4.08. The number of anilines is 1. The molecule has 3 heterocycles. The summed E-state index contributed by atoms with van der Waals surface area (Å²) in [6.07, 6.45) is 0.173. The van der Waals surface area contributed by atoms with E-state index in [9.17, 15) is 9.59 Å². The van der Waals surface area contributed by atoms with Gasteiger partial charge in [-0.05, 0) is 23.1 Å². The third-order valence-corrected chi connectivity index (χ3v) is 5.91. The van der Waals surface area contributed by atoms with Crippen LogP contribution in [0.15, 0.2) is 51.0 Å². The molecule has 0 spiro atoms. The maximum Gasteiger partial charge on any atom is 0.437 e. The molecular weight excluding hydrogens is 404 g/mol. The fourth-order valence-electron chi connectivity index (χ4n) is 3.44. The van der Waals surface area contributed by atoms with Gasteiger partial charge in [-0.3, -0.25) is 4.79 Å². The number of para-hydroxylation sites is 1. The molecule has 0 radical (unpaired) electrons. The molecule has 8 nitrogen and oxygen atoms in total. The zero-order valence-electron chi connectivity index (χ0n) is 16.8. The van der Waals surface area contributed by atoms with Gasteiger partial charge in [-0.1, -0.05) is 24.3 Å². The summed E-state index contributed by atoms with van der Waals surface area (Å²) in [7, 11) is 1.78. The molecule has 0 aliphatic carbocycles. The summed E-state index contributed by atoms with van der Waals surface area (Å²) in [5.74, 6) is -0.318. The topological polar surface area (TPSA) is 80.8 Å². The Morgan fingerprint density at radius 1 is 1.20 bits per heavy atom. The van der Waals surface area contributed by atoms with Crippen molar-refractivity contribution in [2.24, 2.45) is 0 Å². The fraction of sp³-hybridized carbons (Fsp3) is 0.381. The highest BCUT2D eigenvalue weighted by atomic mass is 32.1. The molecule has 0 bridgehead atoms. The van der Waals surface area contributed by atoms with Crippen LogP contribution in [0, 0.1) is 0 Å². The smallest absolute Gasteiger partial charge is 0.387 e. The van der Waals surface area contributed by atoms with E-state index in [4.69, 9.17) is 9.15 Å². The average molecular weight is 429 g/mol. The number of morpholine rings is 1. The van der Waals surface area contributed by atoms with Crippen molar-refractivity contribution in [3.05, 3.63) is 57.9 Å². The van der Waals surface area contributed by atoms with E-state index in [1.165, 1.54) is 16.0 Å². The van der Waals surface area contributed by atoms with Crippen molar-refractivity contribution < 1.29 is 13.9 Å². The van der Waals surface area contributed by atoms with E-state index in [1.807, 2.05) is 35.7 Å². The molecule has 1 fully saturated rings. The Hall–Kier alpha value is -2.91. The lowest BCUT2D eigenvalue weighted by Gasteiger charge is -2.31. The number of aromatic nitrogens is 2. The first-order valence-corrected chi connectivity index (χ1v) is 10.8. The Bertz CT molecular complexity index is 1040. The van der Waals surface area contributed by atoms with Gasteiger partial charge in [-0.15, -0.1) is 16.4 Å². The summed E-state index contributed by atoms with van der Waals surface area (Å²) in [4.78, 5) is 29.5. The molecule has 1 aliphatic heterocycles. The van der Waals surface area contributed by atoms with Gasteiger partial charge in [0.2, 0.25) is 5.91 Å². The van der Waals surface area contributed by atoms with Crippen LogP contribution in [0.3, 0.4) is 0 Å². The van der Waals surface area contributed by atoms with Crippen molar-refractivity contribution in [1.82, 2.24) is 14.7 Å². The predicted octanol–water partition coefficient (Wildman–Crippen LogP) is 2.45. The van der Waals surface area contributed by atoms with Gasteiger partial charge in [0.1, 0.15) is 0 Å². The molecule has 1 aromatic carbocycles. The van der Waals surface area contributed by atoms with Crippen LogP contribution in [0.2, 0.25) is 0 Å². The standard InChI is InChI=1S/C21H24N4O4S/c1-23(15-16-5-2-3-6-17(16)24-10-12-28-13-11-24)19(26)8-9-25-21(27)29-20(22-25)18-7-4-14-30-18/h2-7,14H,8-13,15H2,1H3. The van der Waals surface area contributed by atoms with Gasteiger partial charge in [0.25, 0.3) is 5.89 Å². The first-order valence-electron chi connectivity index (χ1n) is 9.88. The van der Waals surface area contributed by atoms with E-state index in [0.717, 1.165) is 29.2 Å². The normalized spacial score (nSPS) is 14.1. The highest BCUT2D eigenvalue weighted by Crippen LogP contribution is 2.23. The van der Waals surface area contributed by atoms with Crippen LogP contribution in [0.25, 0.3) is 10.8 Å². The number of hydrogen-bond acceptors (Lipinski definition) is 7. The van der Waals surface area contributed by atoms with Crippen molar-refractivity contribution in [3.8, 4) is 10.8 Å². The molecule has 1 aliphatic rings. The third kappa shape index (κ3) is 4.63. The molecule has 0 N–H and O–H groups in total. The second kappa shape index (κ2) is 9.27. The summed E-state index contributed by atoms with van der Waals surface area (Å²) in [6, 6.07) is 11.8. The van der Waals surface area contributed by atoms with Gasteiger partial charge in [-0.2, -0.15) is 4.68 Å². The highest BCUT2D eigenvalue weighted by molar-refractivity contribution is 7.13. The predicted molar refractivity (Wildman–Crippen MR) is 115 cm³/mol. The Morgan fingerprint density at radius 3 is 2.77 bits per heavy atom. The largest absolute Gasteiger partial charge is 0.437 e. The molecule has 158 valence electrons. The lowest BCUT2D eigenvalue weighted by atomic mass is 10.1. The Kier molecular flexibility index (Phi) is 6.29. The number of rotatable bonds is 7. The molecule has 1 amide bonds. The van der Waals surface area contributed by atoms with Crippen LogP contribution < -0.4 is 10.7 Å². The van der Waals surface area contributed by atoms with Crippen molar-refractivity contribution in [1.29, 1.82) is 0 Å². The minimum Gasteiger partial charge on any atom is -0.387 e. The first-order chi connectivity index (χ1) is 14.6. The summed E-state index contributed by atoms with van der Waals surface area (Å²) < 4.78 is 11.8. The van der Waals surface area contributed by atoms with E-state index in [-0.39, 0.29) is 24.8 Å². The second-order valence-corrected chi connectivity index (χ2v) is 8.05. The molecule has 3 aromatic rings. The van der Waals surface area contributed by atoms with Crippen molar-refractivity contribution in [3.63, 3.8) is 0 Å². The summed E-state index contributed by atoms with van der Waals surface area (Å²) >= 11 is 1.45. The van der Waals surface area contributed by atoms with Crippen LogP contribution in [0.1, 0.15) is 12.0 Å². The summed E-state index contributed by atoms with van der Waals surface area (Å²) in [5, 5.41) is 6.09. The number of ether oxygens (including phenoxy) is 1. The number of amides is 1. The van der Waals surface area contributed by atoms with Crippen LogP contribution in [0.4, 0.5) is 5.69 Å². The van der Waals surface area contributed by atoms with Gasteiger partial charge in [0, 0.05) is 38.8 Å². The van der Waals surface area contributed by atoms with Crippen LogP contribution in [-0.4, -0.2) is 53.9 Å². The van der Waals surface area contributed by atoms with E-state index in [0.29, 0.717) is 19.8 Å². The van der Waals surface area contributed by atoms with Crippen LogP contribution in [0.5, 0.6) is 0 Å². The van der Waals surface area contributed by atoms with Crippen molar-refractivity contribution >= 4 is 22.9 Å². The number of benzene rings is 1. The monoisotopic (exact) mass is 428 g/mol. The number of hydrogen-bond donors (Lipinski definition) is 0. The lowest BCUT2D eigenvalue weighted by Crippen LogP contribution is -2.37. The molecule has 30 heavy (non-hydrogen) atoms.